The van der Waals surface area contributed by atoms with Crippen molar-refractivity contribution in [2.45, 2.75) is 51.1 Å². The van der Waals surface area contributed by atoms with Crippen molar-refractivity contribution in [2.24, 2.45) is 5.92 Å². The van der Waals surface area contributed by atoms with E-state index in [2.05, 4.69) is 0 Å². The molecule has 0 bridgehead atoms. The summed E-state index contributed by atoms with van der Waals surface area (Å²) in [6.45, 7) is 1.76. The summed E-state index contributed by atoms with van der Waals surface area (Å²) in [4.78, 5) is 13.4. The first kappa shape index (κ1) is 9.97. The van der Waals surface area contributed by atoms with Crippen LogP contribution in [0.3, 0.4) is 0 Å². The van der Waals surface area contributed by atoms with Gasteiger partial charge in [0, 0.05) is 13.0 Å². The third-order valence-corrected chi connectivity index (χ3v) is 3.77. The standard InChI is InChI=1S/C11H19NO2/c1-8(14)12-10(7-13)6-9-4-2-3-5-11(9)12/h9-11,13H,2-7H2,1H3. The van der Waals surface area contributed by atoms with Crippen LogP contribution in [0.15, 0.2) is 0 Å². The number of carbonyl (C=O) groups is 1. The molecule has 1 heterocycles. The number of rotatable bonds is 1. The van der Waals surface area contributed by atoms with E-state index in [9.17, 15) is 9.90 Å². The number of hydrogen-bond acceptors (Lipinski definition) is 2. The fourth-order valence-electron chi connectivity index (χ4n) is 3.22. The van der Waals surface area contributed by atoms with Gasteiger partial charge in [0.25, 0.3) is 0 Å². The number of aliphatic hydroxyl groups is 1. The van der Waals surface area contributed by atoms with E-state index >= 15 is 0 Å². The Morgan fingerprint density at radius 3 is 2.79 bits per heavy atom. The van der Waals surface area contributed by atoms with Crippen molar-refractivity contribution in [2.75, 3.05) is 6.61 Å². The largest absolute Gasteiger partial charge is 0.394 e. The molecule has 0 radical (unpaired) electrons. The number of likely N-dealkylation sites (tertiary alicyclic amines) is 1. The van der Waals surface area contributed by atoms with Gasteiger partial charge in [-0.1, -0.05) is 12.8 Å². The molecule has 3 unspecified atom stereocenters. The molecule has 1 saturated heterocycles. The molecule has 0 aromatic heterocycles. The molecule has 0 aromatic carbocycles. The lowest BCUT2D eigenvalue weighted by atomic mass is 9.85. The summed E-state index contributed by atoms with van der Waals surface area (Å²) in [7, 11) is 0. The fourth-order valence-corrected chi connectivity index (χ4v) is 3.22. The normalized spacial score (nSPS) is 37.0. The summed E-state index contributed by atoms with van der Waals surface area (Å²) >= 11 is 0. The van der Waals surface area contributed by atoms with E-state index in [1.807, 2.05) is 4.90 Å². The van der Waals surface area contributed by atoms with Gasteiger partial charge in [-0.3, -0.25) is 4.79 Å². The first-order valence-electron chi connectivity index (χ1n) is 5.63. The van der Waals surface area contributed by atoms with Gasteiger partial charge in [-0.2, -0.15) is 0 Å². The van der Waals surface area contributed by atoms with Crippen molar-refractivity contribution >= 4 is 5.91 Å². The maximum Gasteiger partial charge on any atom is 0.220 e. The van der Waals surface area contributed by atoms with Crippen LogP contribution in [-0.4, -0.2) is 34.6 Å². The lowest BCUT2D eigenvalue weighted by Gasteiger charge is -2.32. The average molecular weight is 197 g/mol. The minimum absolute atomic E-state index is 0.0978. The molecule has 1 saturated carbocycles. The molecule has 2 rings (SSSR count). The quantitative estimate of drug-likeness (QED) is 0.685. The predicted molar refractivity (Wildman–Crippen MR) is 53.8 cm³/mol. The van der Waals surface area contributed by atoms with Crippen molar-refractivity contribution in [3.05, 3.63) is 0 Å². The minimum atomic E-state index is 0.0978. The molecule has 0 aromatic rings. The number of hydrogen-bond donors (Lipinski definition) is 1. The van der Waals surface area contributed by atoms with Crippen molar-refractivity contribution in [3.8, 4) is 0 Å². The average Bonchev–Trinajstić information content (AvgIpc) is 2.55. The number of carbonyl (C=O) groups excluding carboxylic acids is 1. The molecule has 2 aliphatic rings. The maximum absolute atomic E-state index is 11.5. The number of aliphatic hydroxyl groups excluding tert-OH is 1. The van der Waals surface area contributed by atoms with Crippen LogP contribution in [0.4, 0.5) is 0 Å². The molecule has 3 heteroatoms. The van der Waals surface area contributed by atoms with Gasteiger partial charge in [0.2, 0.25) is 5.91 Å². The van der Waals surface area contributed by atoms with Crippen molar-refractivity contribution in [3.63, 3.8) is 0 Å². The van der Waals surface area contributed by atoms with Crippen LogP contribution in [0.25, 0.3) is 0 Å². The highest BCUT2D eigenvalue weighted by Crippen LogP contribution is 2.39. The highest BCUT2D eigenvalue weighted by atomic mass is 16.3. The zero-order valence-corrected chi connectivity index (χ0v) is 8.78. The lowest BCUT2D eigenvalue weighted by Crippen LogP contribution is -2.43. The van der Waals surface area contributed by atoms with Crippen molar-refractivity contribution in [1.29, 1.82) is 0 Å². The Labute approximate surface area is 85.1 Å². The second-order valence-corrected chi connectivity index (χ2v) is 4.61. The summed E-state index contributed by atoms with van der Waals surface area (Å²) in [6.07, 6.45) is 5.93. The van der Waals surface area contributed by atoms with Crippen molar-refractivity contribution in [1.82, 2.24) is 4.90 Å². The highest BCUT2D eigenvalue weighted by molar-refractivity contribution is 5.74. The number of nitrogens with zero attached hydrogens (tertiary/aromatic N) is 1. The molecule has 2 fully saturated rings. The van der Waals surface area contributed by atoms with E-state index in [4.69, 9.17) is 0 Å². The summed E-state index contributed by atoms with van der Waals surface area (Å²) in [6, 6.07) is 0.527. The Hall–Kier alpha value is -0.570. The van der Waals surface area contributed by atoms with E-state index < -0.39 is 0 Å². The second-order valence-electron chi connectivity index (χ2n) is 4.61. The SMILES string of the molecule is CC(=O)N1C(CO)CC2CCCCC21. The zero-order chi connectivity index (χ0) is 10.1. The Morgan fingerprint density at radius 2 is 2.14 bits per heavy atom. The maximum atomic E-state index is 11.5. The van der Waals surface area contributed by atoms with Crippen LogP contribution >= 0.6 is 0 Å². The molecule has 1 aliphatic carbocycles. The molecule has 1 amide bonds. The van der Waals surface area contributed by atoms with Gasteiger partial charge >= 0.3 is 0 Å². The van der Waals surface area contributed by atoms with Crippen molar-refractivity contribution < 1.29 is 9.90 Å². The smallest absolute Gasteiger partial charge is 0.220 e. The van der Waals surface area contributed by atoms with Crippen LogP contribution in [0.2, 0.25) is 0 Å². The first-order valence-corrected chi connectivity index (χ1v) is 5.63. The molecule has 1 aliphatic heterocycles. The summed E-state index contributed by atoms with van der Waals surface area (Å²) < 4.78 is 0. The Balaban J connectivity index is 2.14. The van der Waals surface area contributed by atoms with Gasteiger partial charge in [0.05, 0.1) is 12.6 Å². The van der Waals surface area contributed by atoms with E-state index in [1.54, 1.807) is 6.92 Å². The monoisotopic (exact) mass is 197 g/mol. The number of amides is 1. The third kappa shape index (κ3) is 1.54. The molecular weight excluding hydrogens is 178 g/mol. The lowest BCUT2D eigenvalue weighted by molar-refractivity contribution is -0.133. The van der Waals surface area contributed by atoms with E-state index in [-0.39, 0.29) is 18.6 Å². The molecule has 3 atom stereocenters. The van der Waals surface area contributed by atoms with Gasteiger partial charge < -0.3 is 10.0 Å². The van der Waals surface area contributed by atoms with Gasteiger partial charge in [-0.05, 0) is 25.2 Å². The summed E-state index contributed by atoms with van der Waals surface area (Å²) in [5.74, 6) is 0.795. The zero-order valence-electron chi connectivity index (χ0n) is 8.78. The van der Waals surface area contributed by atoms with Crippen LogP contribution < -0.4 is 0 Å². The Morgan fingerprint density at radius 1 is 1.43 bits per heavy atom. The minimum Gasteiger partial charge on any atom is -0.394 e. The fraction of sp³-hybridized carbons (Fsp3) is 0.909. The van der Waals surface area contributed by atoms with Crippen LogP contribution in [0.1, 0.15) is 39.0 Å². The topological polar surface area (TPSA) is 40.5 Å². The molecule has 3 nitrogen and oxygen atoms in total. The highest BCUT2D eigenvalue weighted by Gasteiger charge is 2.42. The van der Waals surface area contributed by atoms with E-state index in [1.165, 1.54) is 19.3 Å². The van der Waals surface area contributed by atoms with Gasteiger partial charge in [-0.25, -0.2) is 0 Å². The van der Waals surface area contributed by atoms with Gasteiger partial charge in [0.15, 0.2) is 0 Å². The molecule has 0 spiro atoms. The van der Waals surface area contributed by atoms with Crippen LogP contribution in [0, 0.1) is 5.92 Å². The molecule has 1 N–H and O–H groups in total. The third-order valence-electron chi connectivity index (χ3n) is 3.77. The molecular formula is C11H19NO2. The van der Waals surface area contributed by atoms with Gasteiger partial charge in [0.1, 0.15) is 0 Å². The molecule has 14 heavy (non-hydrogen) atoms. The first-order chi connectivity index (χ1) is 6.74. The summed E-state index contributed by atoms with van der Waals surface area (Å²) in [5.41, 5.74) is 0. The Kier molecular flexibility index (Phi) is 2.77. The van der Waals surface area contributed by atoms with E-state index in [0.717, 1.165) is 12.8 Å². The van der Waals surface area contributed by atoms with Crippen LogP contribution in [0.5, 0.6) is 0 Å². The van der Waals surface area contributed by atoms with E-state index in [0.29, 0.717) is 12.0 Å². The van der Waals surface area contributed by atoms with Gasteiger partial charge in [-0.15, -0.1) is 0 Å². The Bertz CT molecular complexity index is 229. The predicted octanol–water partition coefficient (Wildman–Crippen LogP) is 1.16. The second kappa shape index (κ2) is 3.89. The summed E-state index contributed by atoms with van der Waals surface area (Å²) in [5, 5.41) is 9.24. The van der Waals surface area contributed by atoms with Crippen LogP contribution in [-0.2, 0) is 4.79 Å². The number of fused-ring (bicyclic) bond motifs is 1. The molecule has 80 valence electrons.